The van der Waals surface area contributed by atoms with Gasteiger partial charge < -0.3 is 15.6 Å². The summed E-state index contributed by atoms with van der Waals surface area (Å²) in [5.74, 6) is 0.416. The fourth-order valence-corrected chi connectivity index (χ4v) is 4.05. The molecule has 8 nitrogen and oxygen atoms in total. The minimum absolute atomic E-state index is 0.0162. The zero-order valence-corrected chi connectivity index (χ0v) is 15.9. The maximum Gasteiger partial charge on any atom is 0.152 e. The summed E-state index contributed by atoms with van der Waals surface area (Å²) in [6, 6.07) is 12.1. The van der Waals surface area contributed by atoms with Crippen LogP contribution in [-0.4, -0.2) is 42.7 Å². The van der Waals surface area contributed by atoms with Crippen molar-refractivity contribution in [2.75, 3.05) is 18.9 Å². The molecule has 0 bridgehead atoms. The number of fused-ring (bicyclic) bond motifs is 1. The molecule has 0 aliphatic carbocycles. The van der Waals surface area contributed by atoms with Crippen LogP contribution in [0.25, 0.3) is 28.0 Å². The number of nitrogen functional groups attached to an aromatic ring is 1. The monoisotopic (exact) mass is 390 g/mol. The largest absolute Gasteiger partial charge is 0.392 e. The van der Waals surface area contributed by atoms with Crippen molar-refractivity contribution >= 4 is 11.3 Å². The van der Waals surface area contributed by atoms with Gasteiger partial charge in [-0.15, -0.1) is 0 Å². The summed E-state index contributed by atoms with van der Waals surface area (Å²) in [5.41, 5.74) is 11.6. The molecule has 4 aromatic rings. The Bertz CT molecular complexity index is 1160. The predicted octanol–water partition coefficient (Wildman–Crippen LogP) is 2.69. The second-order valence-corrected chi connectivity index (χ2v) is 7.21. The maximum atomic E-state index is 9.53. The fourth-order valence-electron chi connectivity index (χ4n) is 4.05. The zero-order chi connectivity index (χ0) is 19.8. The standard InChI is InChI=1S/C21H22N6O2/c22-21-20-17(18-4-7-24-26(18)16-5-8-29-9-6-16)11-19(27(20)25-13-23-21)15-3-1-2-14(10-15)12-28/h1-4,7,10-11,13,16,28H,5-6,8-9,12H2,(H2,22,23,25). The topological polar surface area (TPSA) is 103 Å². The van der Waals surface area contributed by atoms with Crippen molar-refractivity contribution in [3.63, 3.8) is 0 Å². The second kappa shape index (κ2) is 7.31. The molecule has 0 atom stereocenters. The van der Waals surface area contributed by atoms with E-state index in [-0.39, 0.29) is 12.6 Å². The number of rotatable bonds is 4. The summed E-state index contributed by atoms with van der Waals surface area (Å²) < 4.78 is 9.39. The van der Waals surface area contributed by atoms with Gasteiger partial charge in [0.15, 0.2) is 5.82 Å². The number of nitrogens with two attached hydrogens (primary N) is 1. The van der Waals surface area contributed by atoms with E-state index in [0.717, 1.165) is 59.7 Å². The molecule has 1 aromatic carbocycles. The molecule has 3 aromatic heterocycles. The quantitative estimate of drug-likeness (QED) is 0.555. The smallest absolute Gasteiger partial charge is 0.152 e. The first-order valence-electron chi connectivity index (χ1n) is 9.70. The van der Waals surface area contributed by atoms with Gasteiger partial charge in [-0.1, -0.05) is 18.2 Å². The van der Waals surface area contributed by atoms with Gasteiger partial charge in [0.2, 0.25) is 0 Å². The molecule has 148 valence electrons. The molecule has 3 N–H and O–H groups in total. The molecule has 5 rings (SSSR count). The van der Waals surface area contributed by atoms with Gasteiger partial charge in [0, 0.05) is 30.5 Å². The number of benzene rings is 1. The van der Waals surface area contributed by atoms with Crippen LogP contribution in [0.3, 0.4) is 0 Å². The minimum atomic E-state index is -0.0162. The van der Waals surface area contributed by atoms with Crippen molar-refractivity contribution in [2.24, 2.45) is 0 Å². The molecule has 0 radical (unpaired) electrons. The van der Waals surface area contributed by atoms with Crippen LogP contribution >= 0.6 is 0 Å². The first kappa shape index (κ1) is 17.8. The second-order valence-electron chi connectivity index (χ2n) is 7.21. The number of aliphatic hydroxyl groups is 1. The van der Waals surface area contributed by atoms with E-state index in [0.29, 0.717) is 5.82 Å². The van der Waals surface area contributed by atoms with Gasteiger partial charge in [-0.05, 0) is 36.6 Å². The molecule has 4 heterocycles. The van der Waals surface area contributed by atoms with Crippen LogP contribution in [0.15, 0.2) is 48.9 Å². The van der Waals surface area contributed by atoms with E-state index in [1.54, 1.807) is 0 Å². The van der Waals surface area contributed by atoms with Crippen LogP contribution in [0.4, 0.5) is 5.82 Å². The molecule has 1 aliphatic rings. The Balaban J connectivity index is 1.71. The van der Waals surface area contributed by atoms with Crippen LogP contribution in [-0.2, 0) is 11.3 Å². The Morgan fingerprint density at radius 3 is 2.79 bits per heavy atom. The Morgan fingerprint density at radius 2 is 1.97 bits per heavy atom. The predicted molar refractivity (Wildman–Crippen MR) is 109 cm³/mol. The normalized spacial score (nSPS) is 15.2. The highest BCUT2D eigenvalue weighted by molar-refractivity contribution is 5.90. The lowest BCUT2D eigenvalue weighted by Crippen LogP contribution is -2.21. The number of ether oxygens (including phenoxy) is 1. The van der Waals surface area contributed by atoms with Crippen molar-refractivity contribution in [3.8, 4) is 22.5 Å². The third-order valence-electron chi connectivity index (χ3n) is 5.47. The number of hydrogen-bond acceptors (Lipinski definition) is 6. The zero-order valence-electron chi connectivity index (χ0n) is 15.9. The van der Waals surface area contributed by atoms with Gasteiger partial charge in [0.05, 0.1) is 24.0 Å². The fraction of sp³-hybridized carbons (Fsp3) is 0.286. The van der Waals surface area contributed by atoms with Crippen molar-refractivity contribution in [2.45, 2.75) is 25.5 Å². The summed E-state index contributed by atoms with van der Waals surface area (Å²) in [6.45, 7) is 1.47. The summed E-state index contributed by atoms with van der Waals surface area (Å²) in [4.78, 5) is 4.22. The number of hydrogen-bond donors (Lipinski definition) is 2. The number of aliphatic hydroxyl groups excluding tert-OH is 1. The number of anilines is 1. The Kier molecular flexibility index (Phi) is 4.49. The number of aromatic nitrogens is 5. The van der Waals surface area contributed by atoms with Crippen LogP contribution in [0.1, 0.15) is 24.4 Å². The minimum Gasteiger partial charge on any atom is -0.392 e. The molecule has 0 spiro atoms. The molecule has 0 amide bonds. The van der Waals surface area contributed by atoms with E-state index in [1.807, 2.05) is 41.0 Å². The highest BCUT2D eigenvalue weighted by Crippen LogP contribution is 2.36. The lowest BCUT2D eigenvalue weighted by atomic mass is 10.1. The molecule has 1 saturated heterocycles. The van der Waals surface area contributed by atoms with Crippen LogP contribution in [0, 0.1) is 0 Å². The highest BCUT2D eigenvalue weighted by Gasteiger charge is 2.23. The van der Waals surface area contributed by atoms with Crippen LogP contribution in [0.2, 0.25) is 0 Å². The summed E-state index contributed by atoms with van der Waals surface area (Å²) in [6.07, 6.45) is 5.14. The van der Waals surface area contributed by atoms with Gasteiger partial charge in [0.1, 0.15) is 11.8 Å². The lowest BCUT2D eigenvalue weighted by Gasteiger charge is -2.24. The molecule has 0 saturated carbocycles. The Labute approximate surface area is 167 Å². The van der Waals surface area contributed by atoms with E-state index in [1.165, 1.54) is 6.33 Å². The van der Waals surface area contributed by atoms with Crippen molar-refractivity contribution in [3.05, 3.63) is 54.5 Å². The highest BCUT2D eigenvalue weighted by atomic mass is 16.5. The van der Waals surface area contributed by atoms with E-state index in [9.17, 15) is 5.11 Å². The van der Waals surface area contributed by atoms with E-state index < -0.39 is 0 Å². The van der Waals surface area contributed by atoms with Gasteiger partial charge in [-0.25, -0.2) is 9.50 Å². The lowest BCUT2D eigenvalue weighted by molar-refractivity contribution is 0.0667. The first-order chi connectivity index (χ1) is 14.3. The summed E-state index contributed by atoms with van der Waals surface area (Å²) in [5, 5.41) is 18.6. The molecule has 8 heteroatoms. The van der Waals surface area contributed by atoms with Gasteiger partial charge >= 0.3 is 0 Å². The SMILES string of the molecule is Nc1ncnn2c(-c3cccc(CO)c3)cc(-c3ccnn3C3CCOCC3)c12. The summed E-state index contributed by atoms with van der Waals surface area (Å²) >= 11 is 0. The van der Waals surface area contributed by atoms with Crippen molar-refractivity contribution in [1.29, 1.82) is 0 Å². The van der Waals surface area contributed by atoms with Crippen molar-refractivity contribution in [1.82, 2.24) is 24.4 Å². The van der Waals surface area contributed by atoms with Crippen LogP contribution in [0.5, 0.6) is 0 Å². The average molecular weight is 390 g/mol. The molecule has 29 heavy (non-hydrogen) atoms. The molecule has 1 fully saturated rings. The van der Waals surface area contributed by atoms with Crippen molar-refractivity contribution < 1.29 is 9.84 Å². The molecular weight excluding hydrogens is 368 g/mol. The third-order valence-corrected chi connectivity index (χ3v) is 5.47. The van der Waals surface area contributed by atoms with Crippen LogP contribution < -0.4 is 5.73 Å². The molecule has 0 unspecified atom stereocenters. The van der Waals surface area contributed by atoms with Gasteiger partial charge in [0.25, 0.3) is 0 Å². The summed E-state index contributed by atoms with van der Waals surface area (Å²) in [7, 11) is 0. The van der Waals surface area contributed by atoms with E-state index >= 15 is 0 Å². The maximum absolute atomic E-state index is 9.53. The third kappa shape index (κ3) is 3.06. The van der Waals surface area contributed by atoms with Gasteiger partial charge in [-0.3, -0.25) is 4.68 Å². The van der Waals surface area contributed by atoms with E-state index in [4.69, 9.17) is 10.5 Å². The first-order valence-corrected chi connectivity index (χ1v) is 9.70. The Morgan fingerprint density at radius 1 is 1.10 bits per heavy atom. The molecule has 1 aliphatic heterocycles. The average Bonchev–Trinajstić information content (AvgIpc) is 3.40. The number of nitrogens with zero attached hydrogens (tertiary/aromatic N) is 5. The molecular formula is C21H22N6O2. The van der Waals surface area contributed by atoms with E-state index in [2.05, 4.69) is 25.9 Å². The Hall–Kier alpha value is -3.23. The van der Waals surface area contributed by atoms with Gasteiger partial charge in [-0.2, -0.15) is 10.2 Å².